The molecule has 10 nitrogen and oxygen atoms in total. The van der Waals surface area contributed by atoms with Gasteiger partial charge in [-0.3, -0.25) is 9.00 Å². The van der Waals surface area contributed by atoms with Crippen LogP contribution in [-0.2, 0) is 44.3 Å². The van der Waals surface area contributed by atoms with Crippen LogP contribution in [0.25, 0.3) is 22.3 Å². The van der Waals surface area contributed by atoms with Gasteiger partial charge >= 0.3 is 5.97 Å². The van der Waals surface area contributed by atoms with Crippen LogP contribution >= 0.6 is 0 Å². The molecule has 6 rings (SSSR count). The number of aryl methyl sites for hydroxylation is 1. The number of nitrogens with zero attached hydrogens (tertiary/aromatic N) is 3. The van der Waals surface area contributed by atoms with Crippen LogP contribution in [0, 0.1) is 23.4 Å². The van der Waals surface area contributed by atoms with E-state index in [9.17, 15) is 9.00 Å². The topological polar surface area (TPSA) is 120 Å². The summed E-state index contributed by atoms with van der Waals surface area (Å²) in [6.45, 7) is 4.66. The van der Waals surface area contributed by atoms with Crippen molar-refractivity contribution in [3.05, 3.63) is 94.7 Å². The zero-order chi connectivity index (χ0) is 34.7. The number of fused-ring (bicyclic) bond motifs is 8. The number of aromatic nitrogens is 4. The molecular weight excluding hydrogens is 659 g/mol. The van der Waals surface area contributed by atoms with E-state index in [-0.39, 0.29) is 64.8 Å². The second kappa shape index (κ2) is 14.9. The van der Waals surface area contributed by atoms with E-state index in [1.165, 1.54) is 23.0 Å². The molecule has 2 aromatic heterocycles. The lowest BCUT2D eigenvalue weighted by molar-refractivity contribution is -0.147. The number of carbonyl (C=O) groups excluding carboxylic acids is 1. The second-order valence-electron chi connectivity index (χ2n) is 11.8. The highest BCUT2D eigenvalue weighted by atomic mass is 32.2. The Morgan fingerprint density at radius 2 is 1.98 bits per heavy atom. The van der Waals surface area contributed by atoms with Crippen molar-refractivity contribution in [3.63, 3.8) is 0 Å². The Labute approximate surface area is 283 Å². The first-order valence-electron chi connectivity index (χ1n) is 15.9. The third-order valence-electron chi connectivity index (χ3n) is 8.26. The highest BCUT2D eigenvalue weighted by Crippen LogP contribution is 2.38. The average molecular weight is 696 g/mol. The third-order valence-corrected chi connectivity index (χ3v) is 9.50. The Balaban J connectivity index is 1.40. The fraction of sp³-hybridized carbons (Fsp3) is 0.343. The van der Waals surface area contributed by atoms with Gasteiger partial charge in [-0.15, -0.1) is 0 Å². The third kappa shape index (κ3) is 7.41. The first-order chi connectivity index (χ1) is 23.6. The molecule has 0 saturated heterocycles. The summed E-state index contributed by atoms with van der Waals surface area (Å²) in [5.41, 5.74) is 1.88. The molecule has 0 aliphatic carbocycles. The molecule has 0 saturated carbocycles. The van der Waals surface area contributed by atoms with Crippen molar-refractivity contribution in [2.24, 2.45) is 13.0 Å². The van der Waals surface area contributed by atoms with Gasteiger partial charge < -0.3 is 24.5 Å². The maximum atomic E-state index is 15.5. The van der Waals surface area contributed by atoms with Crippen molar-refractivity contribution < 1.29 is 36.4 Å². The van der Waals surface area contributed by atoms with E-state index in [2.05, 4.69) is 15.4 Å². The Morgan fingerprint density at radius 1 is 1.14 bits per heavy atom. The molecule has 0 spiro atoms. The van der Waals surface area contributed by atoms with Gasteiger partial charge in [0.05, 0.1) is 48.6 Å². The number of aromatic amines is 1. The first kappa shape index (κ1) is 34.3. The van der Waals surface area contributed by atoms with Crippen LogP contribution in [0.5, 0.6) is 11.5 Å². The van der Waals surface area contributed by atoms with Crippen LogP contribution in [0.4, 0.5) is 13.2 Å². The molecule has 2 N–H and O–H groups in total. The van der Waals surface area contributed by atoms with E-state index in [0.29, 0.717) is 30.8 Å². The predicted molar refractivity (Wildman–Crippen MR) is 178 cm³/mol. The fourth-order valence-corrected chi connectivity index (χ4v) is 6.93. The molecule has 3 aromatic carbocycles. The number of carbonyl (C=O) groups is 1. The summed E-state index contributed by atoms with van der Waals surface area (Å²) in [4.78, 5) is 19.7. The molecule has 0 fully saturated rings. The Morgan fingerprint density at radius 3 is 2.80 bits per heavy atom. The maximum Gasteiger partial charge on any atom is 0.308 e. The Kier molecular flexibility index (Phi) is 10.5. The van der Waals surface area contributed by atoms with E-state index in [1.807, 2.05) is 31.2 Å². The summed E-state index contributed by atoms with van der Waals surface area (Å²) < 4.78 is 77.6. The van der Waals surface area contributed by atoms with E-state index in [0.717, 1.165) is 17.2 Å². The Hall–Kier alpha value is -4.53. The molecule has 3 atom stereocenters. The molecule has 4 bridgehead atoms. The molecule has 5 aromatic rings. The molecule has 258 valence electrons. The lowest BCUT2D eigenvalue weighted by Crippen LogP contribution is -2.28. The summed E-state index contributed by atoms with van der Waals surface area (Å²) in [5.74, 6) is -3.56. The second-order valence-corrected chi connectivity index (χ2v) is 13.3. The Bertz CT molecular complexity index is 2020. The zero-order valence-electron chi connectivity index (χ0n) is 27.2. The summed E-state index contributed by atoms with van der Waals surface area (Å²) in [5, 5.41) is 8.39. The van der Waals surface area contributed by atoms with Gasteiger partial charge in [0, 0.05) is 47.3 Å². The fourth-order valence-electron chi connectivity index (χ4n) is 5.88. The monoisotopic (exact) mass is 695 g/mol. The van der Waals surface area contributed by atoms with Crippen LogP contribution in [0.3, 0.4) is 0 Å². The van der Waals surface area contributed by atoms with Gasteiger partial charge in [0.1, 0.15) is 11.6 Å². The number of esters is 1. The minimum absolute atomic E-state index is 0.0173. The number of rotatable bonds is 5. The number of ether oxygens (including phenoxy) is 3. The number of hydrogen-bond acceptors (Lipinski definition) is 8. The van der Waals surface area contributed by atoms with Gasteiger partial charge in [-0.05, 0) is 48.7 Å². The minimum atomic E-state index is -1.52. The molecule has 1 aliphatic rings. The van der Waals surface area contributed by atoms with Gasteiger partial charge in [0.15, 0.2) is 23.2 Å². The number of H-pyrrole nitrogens is 1. The number of halogens is 3. The van der Waals surface area contributed by atoms with E-state index in [1.54, 1.807) is 20.0 Å². The number of hydrogen-bond donors (Lipinski definition) is 2. The van der Waals surface area contributed by atoms with Crippen molar-refractivity contribution in [2.45, 2.75) is 32.1 Å². The van der Waals surface area contributed by atoms with Gasteiger partial charge in [0.25, 0.3) is 0 Å². The molecule has 0 radical (unpaired) electrons. The minimum Gasteiger partial charge on any atom is -0.466 e. The summed E-state index contributed by atoms with van der Waals surface area (Å²) >= 11 is 0. The van der Waals surface area contributed by atoms with Crippen LogP contribution in [-0.4, -0.2) is 62.0 Å². The van der Waals surface area contributed by atoms with Gasteiger partial charge in [-0.2, -0.15) is 9.49 Å². The predicted octanol–water partition coefficient (Wildman–Crippen LogP) is 5.87. The van der Waals surface area contributed by atoms with E-state index in [4.69, 9.17) is 19.2 Å². The molecular formula is C35H36F3N5O5S. The standard InChI is InChI=1S/C35H36F3N5O5S/c1-4-47-35(44)20(2)16-21-6-5-7-22(17-21)30-33-41-34(43(3)42-33)25-18-23(8-9-27(25)36)48-32-26(19-49(45)15-14-46-13-12-40-30)24-10-11-39-31(24)28(37)29(32)38/h5-11,17-18,20,30,39-40H,4,12-16,19H2,1-3H3. The lowest BCUT2D eigenvalue weighted by atomic mass is 9.97. The molecule has 3 heterocycles. The summed E-state index contributed by atoms with van der Waals surface area (Å²) in [6.07, 6.45) is 1.93. The molecule has 49 heavy (non-hydrogen) atoms. The molecule has 1 aliphatic heterocycles. The molecule has 14 heteroatoms. The highest BCUT2D eigenvalue weighted by molar-refractivity contribution is 7.84. The van der Waals surface area contributed by atoms with E-state index >= 15 is 13.2 Å². The van der Waals surface area contributed by atoms with E-state index < -0.39 is 40.0 Å². The highest BCUT2D eigenvalue weighted by Gasteiger charge is 2.27. The van der Waals surface area contributed by atoms with Crippen molar-refractivity contribution >= 4 is 27.7 Å². The van der Waals surface area contributed by atoms with Crippen molar-refractivity contribution in [2.75, 3.05) is 32.1 Å². The number of nitrogens with one attached hydrogen (secondary N) is 2. The van der Waals surface area contributed by atoms with Crippen molar-refractivity contribution in [3.8, 4) is 22.9 Å². The molecule has 3 unspecified atom stereocenters. The van der Waals surface area contributed by atoms with Gasteiger partial charge in [-0.1, -0.05) is 31.2 Å². The first-order valence-corrected chi connectivity index (χ1v) is 17.4. The summed E-state index contributed by atoms with van der Waals surface area (Å²) in [6, 6.07) is 12.5. The lowest BCUT2D eigenvalue weighted by Gasteiger charge is -2.18. The van der Waals surface area contributed by atoms with Crippen molar-refractivity contribution in [1.29, 1.82) is 0 Å². The van der Waals surface area contributed by atoms with Crippen LogP contribution in [0.1, 0.15) is 42.4 Å². The maximum absolute atomic E-state index is 15.5. The van der Waals surface area contributed by atoms with Gasteiger partial charge in [-0.25, -0.2) is 18.4 Å². The average Bonchev–Trinajstić information content (AvgIpc) is 3.72. The smallest absolute Gasteiger partial charge is 0.308 e. The molecule has 0 amide bonds. The van der Waals surface area contributed by atoms with Crippen LogP contribution < -0.4 is 10.1 Å². The van der Waals surface area contributed by atoms with Gasteiger partial charge in [0.2, 0.25) is 5.82 Å². The quantitative estimate of drug-likeness (QED) is 0.219. The normalized spacial score (nSPS) is 17.8. The van der Waals surface area contributed by atoms with Crippen molar-refractivity contribution in [1.82, 2.24) is 25.1 Å². The number of benzene rings is 3. The van der Waals surface area contributed by atoms with Crippen LogP contribution in [0.15, 0.2) is 54.7 Å². The van der Waals surface area contributed by atoms with Crippen LogP contribution in [0.2, 0.25) is 0 Å². The largest absolute Gasteiger partial charge is 0.466 e. The SMILES string of the molecule is CCOC(=O)C(C)Cc1cccc(C2NCCOCCS(=O)Cc3c(c(F)c(F)c4[nH]ccc34)Oc3ccc(F)c(c3)-c3nc2nn3C)c1. The zero-order valence-corrected chi connectivity index (χ0v) is 28.0. The summed E-state index contributed by atoms with van der Waals surface area (Å²) in [7, 11) is 0.104.